The van der Waals surface area contributed by atoms with Gasteiger partial charge in [-0.1, -0.05) is 18.2 Å². The van der Waals surface area contributed by atoms with Crippen molar-refractivity contribution in [3.05, 3.63) is 63.8 Å². The SMILES string of the molecule is COC(=O)c1c(-c2cccs2)csc1NC(=O)CCCN1C(=O)c2ccccc2C1=O. The highest BCUT2D eigenvalue weighted by Crippen LogP contribution is 2.38. The predicted molar refractivity (Wildman–Crippen MR) is 119 cm³/mol. The number of anilines is 1. The van der Waals surface area contributed by atoms with Gasteiger partial charge >= 0.3 is 5.97 Å². The average Bonchev–Trinajstić information content (AvgIpc) is 3.49. The van der Waals surface area contributed by atoms with Crippen molar-refractivity contribution < 1.29 is 23.9 Å². The molecule has 7 nitrogen and oxygen atoms in total. The minimum atomic E-state index is -0.522. The monoisotopic (exact) mass is 454 g/mol. The van der Waals surface area contributed by atoms with Gasteiger partial charge in [0.05, 0.1) is 18.2 Å². The summed E-state index contributed by atoms with van der Waals surface area (Å²) >= 11 is 2.74. The van der Waals surface area contributed by atoms with Gasteiger partial charge in [0.15, 0.2) is 0 Å². The summed E-state index contributed by atoms with van der Waals surface area (Å²) in [6.07, 6.45) is 0.411. The van der Waals surface area contributed by atoms with E-state index in [1.165, 1.54) is 29.8 Å². The van der Waals surface area contributed by atoms with E-state index in [0.717, 1.165) is 9.78 Å². The number of methoxy groups -OCH3 is 1. The number of hydrogen-bond acceptors (Lipinski definition) is 7. The van der Waals surface area contributed by atoms with E-state index in [9.17, 15) is 19.2 Å². The maximum Gasteiger partial charge on any atom is 0.341 e. The number of amides is 3. The highest BCUT2D eigenvalue weighted by Gasteiger charge is 2.34. The van der Waals surface area contributed by atoms with Crippen LogP contribution in [0.3, 0.4) is 0 Å². The van der Waals surface area contributed by atoms with Gasteiger partial charge in [-0.3, -0.25) is 19.3 Å². The Labute approximate surface area is 186 Å². The Balaban J connectivity index is 1.39. The second kappa shape index (κ2) is 8.83. The van der Waals surface area contributed by atoms with Gasteiger partial charge in [-0.15, -0.1) is 22.7 Å². The second-order valence-electron chi connectivity index (χ2n) is 6.78. The van der Waals surface area contributed by atoms with Crippen molar-refractivity contribution in [2.24, 2.45) is 0 Å². The zero-order chi connectivity index (χ0) is 22.0. The lowest BCUT2D eigenvalue weighted by molar-refractivity contribution is -0.116. The summed E-state index contributed by atoms with van der Waals surface area (Å²) in [5, 5.41) is 6.91. The van der Waals surface area contributed by atoms with E-state index in [-0.39, 0.29) is 30.7 Å². The van der Waals surface area contributed by atoms with Gasteiger partial charge < -0.3 is 10.1 Å². The molecule has 158 valence electrons. The van der Waals surface area contributed by atoms with Crippen LogP contribution in [0.1, 0.15) is 43.9 Å². The van der Waals surface area contributed by atoms with Crippen molar-refractivity contribution in [2.75, 3.05) is 19.0 Å². The smallest absolute Gasteiger partial charge is 0.341 e. The van der Waals surface area contributed by atoms with Crippen LogP contribution in [0.2, 0.25) is 0 Å². The Bertz CT molecular complexity index is 1130. The number of hydrogen-bond donors (Lipinski definition) is 1. The van der Waals surface area contributed by atoms with Crippen molar-refractivity contribution in [1.29, 1.82) is 0 Å². The lowest BCUT2D eigenvalue weighted by atomic mass is 10.1. The molecule has 2 aromatic heterocycles. The normalized spacial score (nSPS) is 12.7. The molecular weight excluding hydrogens is 436 g/mol. The molecule has 0 spiro atoms. The Morgan fingerprint density at radius 2 is 1.71 bits per heavy atom. The van der Waals surface area contributed by atoms with E-state index in [1.54, 1.807) is 24.3 Å². The third-order valence-corrected chi connectivity index (χ3v) is 6.68. The quantitative estimate of drug-likeness (QED) is 0.425. The predicted octanol–water partition coefficient (Wildman–Crippen LogP) is 4.28. The number of nitrogens with zero attached hydrogens (tertiary/aromatic N) is 1. The molecule has 3 amide bonds. The highest BCUT2D eigenvalue weighted by molar-refractivity contribution is 7.17. The number of carbonyl (C=O) groups is 4. The van der Waals surface area contributed by atoms with Crippen LogP contribution in [0, 0.1) is 0 Å². The van der Waals surface area contributed by atoms with Gasteiger partial charge in [0.1, 0.15) is 10.6 Å². The molecule has 1 aliphatic rings. The van der Waals surface area contributed by atoms with Gasteiger partial charge in [-0.2, -0.15) is 0 Å². The highest BCUT2D eigenvalue weighted by atomic mass is 32.1. The first-order valence-corrected chi connectivity index (χ1v) is 11.3. The van der Waals surface area contributed by atoms with Gasteiger partial charge in [0.25, 0.3) is 11.8 Å². The largest absolute Gasteiger partial charge is 0.465 e. The summed E-state index contributed by atoms with van der Waals surface area (Å²) in [4.78, 5) is 51.7. The number of esters is 1. The standard InChI is InChI=1S/C22H18N2O5S2/c1-29-22(28)18-15(16-8-5-11-30-16)12-31-19(18)23-17(25)9-4-10-24-20(26)13-6-2-3-7-14(13)21(24)27/h2-3,5-8,11-12H,4,9-10H2,1H3,(H,23,25). The van der Waals surface area contributed by atoms with Gasteiger partial charge in [-0.25, -0.2) is 4.79 Å². The van der Waals surface area contributed by atoms with Crippen LogP contribution in [0.15, 0.2) is 47.2 Å². The maximum atomic E-state index is 12.5. The molecule has 1 N–H and O–H groups in total. The molecule has 31 heavy (non-hydrogen) atoms. The molecule has 1 aromatic carbocycles. The van der Waals surface area contributed by atoms with E-state index < -0.39 is 5.97 Å². The molecule has 0 fully saturated rings. The number of thiophene rings is 2. The van der Waals surface area contributed by atoms with Crippen LogP contribution in [-0.4, -0.2) is 42.2 Å². The van der Waals surface area contributed by atoms with Crippen LogP contribution in [-0.2, 0) is 9.53 Å². The summed E-state index contributed by atoms with van der Waals surface area (Å²) in [7, 11) is 1.30. The topological polar surface area (TPSA) is 92.8 Å². The second-order valence-corrected chi connectivity index (χ2v) is 8.61. The summed E-state index contributed by atoms with van der Waals surface area (Å²) in [5.41, 5.74) is 1.82. The van der Waals surface area contributed by atoms with Gasteiger partial charge in [0, 0.05) is 28.8 Å². The Morgan fingerprint density at radius 1 is 1.00 bits per heavy atom. The number of ether oxygens (including phenoxy) is 1. The third-order valence-electron chi connectivity index (χ3n) is 4.88. The number of benzene rings is 1. The first-order valence-electron chi connectivity index (χ1n) is 9.50. The lowest BCUT2D eigenvalue weighted by Gasteiger charge is -2.13. The first kappa shape index (κ1) is 21.0. The van der Waals surface area contributed by atoms with Crippen LogP contribution >= 0.6 is 22.7 Å². The van der Waals surface area contributed by atoms with Crippen LogP contribution in [0.4, 0.5) is 5.00 Å². The fourth-order valence-corrected chi connectivity index (χ4v) is 5.18. The molecule has 9 heteroatoms. The maximum absolute atomic E-state index is 12.5. The summed E-state index contributed by atoms with van der Waals surface area (Å²) in [5.74, 6) is -1.51. The number of rotatable bonds is 7. The molecular formula is C22H18N2O5S2. The minimum absolute atomic E-state index is 0.0975. The number of nitrogens with one attached hydrogen (secondary N) is 1. The van der Waals surface area contributed by atoms with Gasteiger partial charge in [-0.05, 0) is 30.0 Å². The summed E-state index contributed by atoms with van der Waals surface area (Å²) in [6.45, 7) is 0.147. The lowest BCUT2D eigenvalue weighted by Crippen LogP contribution is -2.31. The Hall–Kier alpha value is -3.30. The zero-order valence-electron chi connectivity index (χ0n) is 16.5. The minimum Gasteiger partial charge on any atom is -0.465 e. The Morgan fingerprint density at radius 3 is 2.32 bits per heavy atom. The molecule has 1 aliphatic heterocycles. The molecule has 0 radical (unpaired) electrons. The van der Waals surface area contributed by atoms with Crippen molar-refractivity contribution in [3.63, 3.8) is 0 Å². The van der Waals surface area contributed by atoms with Crippen molar-refractivity contribution >= 4 is 51.4 Å². The zero-order valence-corrected chi connectivity index (χ0v) is 18.2. The molecule has 0 atom stereocenters. The van der Waals surface area contributed by atoms with E-state index in [0.29, 0.717) is 33.7 Å². The van der Waals surface area contributed by atoms with Crippen molar-refractivity contribution in [3.8, 4) is 10.4 Å². The molecule has 4 rings (SSSR count). The van der Waals surface area contributed by atoms with Crippen molar-refractivity contribution in [2.45, 2.75) is 12.8 Å². The summed E-state index contributed by atoms with van der Waals surface area (Å²) in [6, 6.07) is 10.5. The van der Waals surface area contributed by atoms with Crippen molar-refractivity contribution in [1.82, 2.24) is 4.90 Å². The van der Waals surface area contributed by atoms with E-state index in [4.69, 9.17) is 4.74 Å². The molecule has 0 bridgehead atoms. The molecule has 0 saturated carbocycles. The third kappa shape index (κ3) is 4.01. The number of imide groups is 1. The number of carbonyl (C=O) groups excluding carboxylic acids is 4. The average molecular weight is 455 g/mol. The number of fused-ring (bicyclic) bond motifs is 1. The molecule has 0 unspecified atom stereocenters. The van der Waals surface area contributed by atoms with E-state index in [1.807, 2.05) is 22.9 Å². The Kier molecular flexibility index (Phi) is 5.97. The van der Waals surface area contributed by atoms with Crippen LogP contribution < -0.4 is 5.32 Å². The molecule has 3 aromatic rings. The van der Waals surface area contributed by atoms with Crippen LogP contribution in [0.25, 0.3) is 10.4 Å². The van der Waals surface area contributed by atoms with E-state index >= 15 is 0 Å². The molecule has 0 aliphatic carbocycles. The fourth-order valence-electron chi connectivity index (χ4n) is 3.40. The molecule has 0 saturated heterocycles. The summed E-state index contributed by atoms with van der Waals surface area (Å²) < 4.78 is 4.90. The van der Waals surface area contributed by atoms with Gasteiger partial charge in [0.2, 0.25) is 5.91 Å². The first-order chi connectivity index (χ1) is 15.0. The van der Waals surface area contributed by atoms with Crippen LogP contribution in [0.5, 0.6) is 0 Å². The molecule has 3 heterocycles. The fraction of sp³-hybridized carbons (Fsp3) is 0.182. The van der Waals surface area contributed by atoms with E-state index in [2.05, 4.69) is 5.32 Å².